The molecule has 0 aliphatic heterocycles. The molecular formula is C17H24N2OS2. The van der Waals surface area contributed by atoms with Crippen LogP contribution in [-0.2, 0) is 18.6 Å². The Hall–Kier alpha value is -1.20. The molecule has 1 aromatic heterocycles. The van der Waals surface area contributed by atoms with Crippen molar-refractivity contribution in [2.75, 3.05) is 12.4 Å². The Morgan fingerprint density at radius 2 is 2.09 bits per heavy atom. The zero-order valence-corrected chi connectivity index (χ0v) is 14.9. The SMILES string of the molecule is CCc1ccc(OCCCSCc2c[nH]c(=S)[nH]2)c(CC)c1. The lowest BCUT2D eigenvalue weighted by molar-refractivity contribution is 0.315. The van der Waals surface area contributed by atoms with E-state index in [1.54, 1.807) is 0 Å². The van der Waals surface area contributed by atoms with Gasteiger partial charge in [0.1, 0.15) is 5.75 Å². The van der Waals surface area contributed by atoms with Gasteiger partial charge in [0.25, 0.3) is 0 Å². The third-order valence-corrected chi connectivity index (χ3v) is 4.83. The molecule has 1 aromatic carbocycles. The van der Waals surface area contributed by atoms with Crippen LogP contribution in [0.3, 0.4) is 0 Å². The number of hydrogen-bond donors (Lipinski definition) is 2. The van der Waals surface area contributed by atoms with E-state index in [0.717, 1.165) is 48.8 Å². The highest BCUT2D eigenvalue weighted by Gasteiger charge is 2.03. The van der Waals surface area contributed by atoms with Crippen molar-refractivity contribution >= 4 is 24.0 Å². The summed E-state index contributed by atoms with van der Waals surface area (Å²) < 4.78 is 6.64. The highest BCUT2D eigenvalue weighted by molar-refractivity contribution is 7.98. The highest BCUT2D eigenvalue weighted by Crippen LogP contribution is 2.21. The van der Waals surface area contributed by atoms with Crippen molar-refractivity contribution in [1.29, 1.82) is 0 Å². The van der Waals surface area contributed by atoms with E-state index in [1.165, 1.54) is 11.1 Å². The number of nitrogens with one attached hydrogen (secondary N) is 2. The minimum Gasteiger partial charge on any atom is -0.493 e. The van der Waals surface area contributed by atoms with Crippen molar-refractivity contribution in [3.8, 4) is 5.75 Å². The van der Waals surface area contributed by atoms with Gasteiger partial charge in [-0.15, -0.1) is 0 Å². The number of H-pyrrole nitrogens is 2. The monoisotopic (exact) mass is 336 g/mol. The average Bonchev–Trinajstić information content (AvgIpc) is 2.96. The van der Waals surface area contributed by atoms with Crippen molar-refractivity contribution in [3.05, 3.63) is 46.0 Å². The molecule has 2 N–H and O–H groups in total. The molecule has 0 amide bonds. The molecule has 0 saturated heterocycles. The van der Waals surface area contributed by atoms with E-state index in [9.17, 15) is 0 Å². The Labute approximate surface area is 141 Å². The topological polar surface area (TPSA) is 40.8 Å². The number of hydrogen-bond acceptors (Lipinski definition) is 3. The Balaban J connectivity index is 1.69. The summed E-state index contributed by atoms with van der Waals surface area (Å²) in [6.07, 6.45) is 5.08. The predicted molar refractivity (Wildman–Crippen MR) is 97.4 cm³/mol. The lowest BCUT2D eigenvalue weighted by Crippen LogP contribution is -2.02. The number of ether oxygens (including phenoxy) is 1. The van der Waals surface area contributed by atoms with Gasteiger partial charge < -0.3 is 14.7 Å². The fourth-order valence-electron chi connectivity index (χ4n) is 2.24. The number of aryl methyl sites for hydroxylation is 2. The minimum absolute atomic E-state index is 0.696. The summed E-state index contributed by atoms with van der Waals surface area (Å²) in [5.74, 6) is 3.08. The van der Waals surface area contributed by atoms with E-state index < -0.39 is 0 Å². The van der Waals surface area contributed by atoms with E-state index in [0.29, 0.717) is 4.77 Å². The first-order chi connectivity index (χ1) is 10.7. The Morgan fingerprint density at radius 1 is 1.23 bits per heavy atom. The maximum atomic E-state index is 5.94. The van der Waals surface area contributed by atoms with E-state index in [-0.39, 0.29) is 0 Å². The van der Waals surface area contributed by atoms with E-state index in [1.807, 2.05) is 18.0 Å². The first kappa shape index (κ1) is 17.2. The molecular weight excluding hydrogens is 312 g/mol. The van der Waals surface area contributed by atoms with Crippen LogP contribution >= 0.6 is 24.0 Å². The lowest BCUT2D eigenvalue weighted by atomic mass is 10.1. The molecule has 22 heavy (non-hydrogen) atoms. The largest absolute Gasteiger partial charge is 0.493 e. The second-order valence-electron chi connectivity index (χ2n) is 5.17. The van der Waals surface area contributed by atoms with Gasteiger partial charge in [-0.25, -0.2) is 0 Å². The van der Waals surface area contributed by atoms with Gasteiger partial charge >= 0.3 is 0 Å². The minimum atomic E-state index is 0.696. The van der Waals surface area contributed by atoms with Crippen molar-refractivity contribution in [1.82, 2.24) is 9.97 Å². The molecule has 2 aromatic rings. The second kappa shape index (κ2) is 9.06. The van der Waals surface area contributed by atoms with Crippen LogP contribution in [0, 0.1) is 4.77 Å². The zero-order chi connectivity index (χ0) is 15.8. The number of aromatic amines is 2. The fraction of sp³-hybridized carbons (Fsp3) is 0.471. The molecule has 0 saturated carbocycles. The van der Waals surface area contributed by atoms with Gasteiger partial charge in [-0.1, -0.05) is 26.0 Å². The maximum absolute atomic E-state index is 5.94. The molecule has 0 aliphatic rings. The van der Waals surface area contributed by atoms with E-state index in [4.69, 9.17) is 17.0 Å². The molecule has 0 atom stereocenters. The van der Waals surface area contributed by atoms with E-state index >= 15 is 0 Å². The van der Waals surface area contributed by atoms with Crippen LogP contribution in [0.15, 0.2) is 24.4 Å². The third-order valence-electron chi connectivity index (χ3n) is 3.51. The standard InChI is InChI=1S/C17H24N2OS2/c1-3-13-6-7-16(14(4-2)10-13)20-8-5-9-22-12-15-11-18-17(21)19-15/h6-7,10-11H,3-5,8-9,12H2,1-2H3,(H2,18,19,21). The van der Waals surface area contributed by atoms with Crippen molar-refractivity contribution in [2.45, 2.75) is 38.9 Å². The first-order valence-corrected chi connectivity index (χ1v) is 9.38. The number of thioether (sulfide) groups is 1. The number of rotatable bonds is 9. The summed E-state index contributed by atoms with van der Waals surface area (Å²) in [7, 11) is 0. The molecule has 0 spiro atoms. The molecule has 2 rings (SSSR count). The van der Waals surface area contributed by atoms with Crippen LogP contribution < -0.4 is 4.74 Å². The first-order valence-electron chi connectivity index (χ1n) is 7.81. The van der Waals surface area contributed by atoms with Gasteiger partial charge in [0.2, 0.25) is 0 Å². The molecule has 5 heteroatoms. The zero-order valence-electron chi connectivity index (χ0n) is 13.3. The summed E-state index contributed by atoms with van der Waals surface area (Å²) in [5.41, 5.74) is 3.84. The summed E-state index contributed by atoms with van der Waals surface area (Å²) in [6.45, 7) is 5.14. The average molecular weight is 337 g/mol. The quantitative estimate of drug-likeness (QED) is 0.505. The van der Waals surface area contributed by atoms with Gasteiger partial charge in [-0.3, -0.25) is 0 Å². The molecule has 120 valence electrons. The van der Waals surface area contributed by atoms with Crippen LogP contribution in [-0.4, -0.2) is 22.3 Å². The second-order valence-corrected chi connectivity index (χ2v) is 6.69. The lowest BCUT2D eigenvalue weighted by Gasteiger charge is -2.11. The number of imidazole rings is 1. The molecule has 1 heterocycles. The van der Waals surface area contributed by atoms with Crippen LogP contribution in [0.4, 0.5) is 0 Å². The van der Waals surface area contributed by atoms with Crippen LogP contribution in [0.1, 0.15) is 37.1 Å². The maximum Gasteiger partial charge on any atom is 0.174 e. The van der Waals surface area contributed by atoms with Crippen LogP contribution in [0.5, 0.6) is 5.75 Å². The fourth-order valence-corrected chi connectivity index (χ4v) is 3.28. The molecule has 0 radical (unpaired) electrons. The summed E-state index contributed by atoms with van der Waals surface area (Å²) in [4.78, 5) is 6.11. The summed E-state index contributed by atoms with van der Waals surface area (Å²) in [6, 6.07) is 6.54. The smallest absolute Gasteiger partial charge is 0.174 e. The Bertz CT molecular complexity index is 634. The number of benzene rings is 1. The van der Waals surface area contributed by atoms with Gasteiger partial charge in [0.15, 0.2) is 4.77 Å². The molecule has 0 unspecified atom stereocenters. The van der Waals surface area contributed by atoms with Crippen molar-refractivity contribution in [3.63, 3.8) is 0 Å². The van der Waals surface area contributed by atoms with Crippen molar-refractivity contribution in [2.24, 2.45) is 0 Å². The number of aromatic nitrogens is 2. The Kier molecular flexibility index (Phi) is 7.06. The van der Waals surface area contributed by atoms with Gasteiger partial charge in [0.05, 0.1) is 6.61 Å². The van der Waals surface area contributed by atoms with Gasteiger partial charge in [-0.05, 0) is 54.4 Å². The molecule has 0 aliphatic carbocycles. The third kappa shape index (κ3) is 5.21. The normalized spacial score (nSPS) is 10.8. The summed E-state index contributed by atoms with van der Waals surface area (Å²) >= 11 is 6.90. The van der Waals surface area contributed by atoms with Crippen molar-refractivity contribution < 1.29 is 4.74 Å². The molecule has 3 nitrogen and oxygen atoms in total. The van der Waals surface area contributed by atoms with Gasteiger partial charge in [0, 0.05) is 17.6 Å². The van der Waals surface area contributed by atoms with Crippen LogP contribution in [0.25, 0.3) is 0 Å². The predicted octanol–water partition coefficient (Wildman–Crippen LogP) is 4.90. The van der Waals surface area contributed by atoms with Crippen LogP contribution in [0.2, 0.25) is 0 Å². The molecule has 0 bridgehead atoms. The van der Waals surface area contributed by atoms with E-state index in [2.05, 4.69) is 42.0 Å². The van der Waals surface area contributed by atoms with Gasteiger partial charge in [-0.2, -0.15) is 11.8 Å². The Morgan fingerprint density at radius 3 is 2.77 bits per heavy atom. The molecule has 0 fully saturated rings. The summed E-state index contributed by atoms with van der Waals surface area (Å²) in [5, 5.41) is 0. The highest BCUT2D eigenvalue weighted by atomic mass is 32.2.